The van der Waals surface area contributed by atoms with Crippen molar-refractivity contribution in [2.75, 3.05) is 0 Å². The number of aryl methyl sites for hydroxylation is 1. The number of nitrogens with zero attached hydrogens (tertiary/aromatic N) is 1. The molecular formula is C14H18N2O. The molecule has 1 fully saturated rings. The number of nitrogens with two attached hydrogens (primary N) is 1. The molecule has 0 aliphatic heterocycles. The van der Waals surface area contributed by atoms with E-state index in [0.717, 1.165) is 42.7 Å². The number of benzene rings is 1. The summed E-state index contributed by atoms with van der Waals surface area (Å²) in [6.07, 6.45) is 4.38. The van der Waals surface area contributed by atoms with E-state index in [-0.39, 0.29) is 0 Å². The fourth-order valence-corrected chi connectivity index (χ4v) is 2.59. The summed E-state index contributed by atoms with van der Waals surface area (Å²) in [5, 5.41) is 0. The Morgan fingerprint density at radius 3 is 2.76 bits per heavy atom. The molecule has 0 spiro atoms. The van der Waals surface area contributed by atoms with Gasteiger partial charge in [0.25, 0.3) is 0 Å². The van der Waals surface area contributed by atoms with E-state index in [1.165, 1.54) is 5.56 Å². The van der Waals surface area contributed by atoms with E-state index in [1.807, 2.05) is 6.07 Å². The molecule has 0 atom stereocenters. The molecular weight excluding hydrogens is 212 g/mol. The average Bonchev–Trinajstić information content (AvgIpc) is 2.72. The van der Waals surface area contributed by atoms with Crippen molar-refractivity contribution in [1.82, 2.24) is 4.98 Å². The molecule has 1 aromatic heterocycles. The molecule has 2 N–H and O–H groups in total. The normalized spacial score (nSPS) is 25.3. The number of rotatable bonds is 1. The van der Waals surface area contributed by atoms with Crippen molar-refractivity contribution in [3.8, 4) is 0 Å². The van der Waals surface area contributed by atoms with Gasteiger partial charge in [0.15, 0.2) is 11.5 Å². The minimum Gasteiger partial charge on any atom is -0.440 e. The van der Waals surface area contributed by atoms with Gasteiger partial charge in [-0.1, -0.05) is 6.07 Å². The van der Waals surface area contributed by atoms with E-state index in [9.17, 15) is 0 Å². The zero-order chi connectivity index (χ0) is 11.8. The highest BCUT2D eigenvalue weighted by molar-refractivity contribution is 5.73. The van der Waals surface area contributed by atoms with E-state index in [4.69, 9.17) is 10.2 Å². The summed E-state index contributed by atoms with van der Waals surface area (Å²) in [5.74, 6) is 1.36. The number of hydrogen-bond donors (Lipinski definition) is 1. The van der Waals surface area contributed by atoms with Gasteiger partial charge in [-0.2, -0.15) is 0 Å². The fourth-order valence-electron chi connectivity index (χ4n) is 2.59. The summed E-state index contributed by atoms with van der Waals surface area (Å²) in [4.78, 5) is 4.60. The summed E-state index contributed by atoms with van der Waals surface area (Å²) in [6.45, 7) is 2.07. The Morgan fingerprint density at radius 1 is 1.24 bits per heavy atom. The zero-order valence-electron chi connectivity index (χ0n) is 10.1. The molecule has 1 heterocycles. The maximum absolute atomic E-state index is 5.92. The molecule has 0 bridgehead atoms. The standard InChI is InChI=1S/C14H18N2O/c1-9-2-7-12-13(8-9)17-14(16-12)10-3-5-11(15)6-4-10/h2,7-8,10-11H,3-6,15H2,1H3. The molecule has 0 amide bonds. The summed E-state index contributed by atoms with van der Waals surface area (Å²) in [7, 11) is 0. The lowest BCUT2D eigenvalue weighted by molar-refractivity contribution is 0.346. The van der Waals surface area contributed by atoms with E-state index >= 15 is 0 Å². The lowest BCUT2D eigenvalue weighted by Crippen LogP contribution is -2.25. The topological polar surface area (TPSA) is 52.0 Å². The van der Waals surface area contributed by atoms with Gasteiger partial charge >= 0.3 is 0 Å². The van der Waals surface area contributed by atoms with Gasteiger partial charge in [-0.05, 0) is 50.3 Å². The minimum absolute atomic E-state index is 0.373. The summed E-state index contributed by atoms with van der Waals surface area (Å²) in [5.41, 5.74) is 9.02. The fraction of sp³-hybridized carbons (Fsp3) is 0.500. The van der Waals surface area contributed by atoms with Crippen LogP contribution in [0.3, 0.4) is 0 Å². The van der Waals surface area contributed by atoms with Gasteiger partial charge < -0.3 is 10.2 Å². The number of hydrogen-bond acceptors (Lipinski definition) is 3. The molecule has 3 heteroatoms. The van der Waals surface area contributed by atoms with E-state index in [1.54, 1.807) is 0 Å². The molecule has 1 saturated carbocycles. The Labute approximate surface area is 101 Å². The third kappa shape index (κ3) is 2.07. The molecule has 2 aromatic rings. The molecule has 1 aliphatic carbocycles. The third-order valence-electron chi connectivity index (χ3n) is 3.68. The largest absolute Gasteiger partial charge is 0.440 e. The second-order valence-electron chi connectivity index (χ2n) is 5.13. The van der Waals surface area contributed by atoms with Crippen LogP contribution in [-0.4, -0.2) is 11.0 Å². The van der Waals surface area contributed by atoms with Gasteiger partial charge in [0.05, 0.1) is 0 Å². The van der Waals surface area contributed by atoms with Crippen LogP contribution >= 0.6 is 0 Å². The van der Waals surface area contributed by atoms with Gasteiger partial charge in [-0.3, -0.25) is 0 Å². The van der Waals surface area contributed by atoms with Gasteiger partial charge in [-0.15, -0.1) is 0 Å². The first-order valence-electron chi connectivity index (χ1n) is 6.35. The van der Waals surface area contributed by atoms with Gasteiger partial charge in [0.1, 0.15) is 5.52 Å². The molecule has 3 rings (SSSR count). The Kier molecular flexibility index (Phi) is 2.63. The highest BCUT2D eigenvalue weighted by Crippen LogP contribution is 2.33. The molecule has 0 unspecified atom stereocenters. The first-order valence-corrected chi connectivity index (χ1v) is 6.35. The van der Waals surface area contributed by atoms with Crippen LogP contribution in [0.5, 0.6) is 0 Å². The van der Waals surface area contributed by atoms with E-state index < -0.39 is 0 Å². The van der Waals surface area contributed by atoms with Crippen LogP contribution in [0.4, 0.5) is 0 Å². The molecule has 3 nitrogen and oxygen atoms in total. The second kappa shape index (κ2) is 4.15. The highest BCUT2D eigenvalue weighted by atomic mass is 16.3. The average molecular weight is 230 g/mol. The number of fused-ring (bicyclic) bond motifs is 1. The van der Waals surface area contributed by atoms with Crippen molar-refractivity contribution in [2.24, 2.45) is 5.73 Å². The van der Waals surface area contributed by atoms with Crippen LogP contribution in [-0.2, 0) is 0 Å². The van der Waals surface area contributed by atoms with Crippen LogP contribution < -0.4 is 5.73 Å². The number of oxazole rings is 1. The maximum Gasteiger partial charge on any atom is 0.198 e. The lowest BCUT2D eigenvalue weighted by atomic mass is 9.86. The smallest absolute Gasteiger partial charge is 0.198 e. The van der Waals surface area contributed by atoms with Gasteiger partial charge in [0.2, 0.25) is 0 Å². The van der Waals surface area contributed by atoms with Crippen molar-refractivity contribution >= 4 is 11.1 Å². The molecule has 0 saturated heterocycles. The van der Waals surface area contributed by atoms with Crippen molar-refractivity contribution in [3.05, 3.63) is 29.7 Å². The quantitative estimate of drug-likeness (QED) is 0.818. The van der Waals surface area contributed by atoms with Gasteiger partial charge in [0, 0.05) is 12.0 Å². The van der Waals surface area contributed by atoms with Crippen LogP contribution in [0.1, 0.15) is 43.1 Å². The van der Waals surface area contributed by atoms with E-state index in [0.29, 0.717) is 12.0 Å². The molecule has 17 heavy (non-hydrogen) atoms. The summed E-state index contributed by atoms with van der Waals surface area (Å²) < 4.78 is 5.87. The van der Waals surface area contributed by atoms with E-state index in [2.05, 4.69) is 24.0 Å². The molecule has 1 aliphatic rings. The highest BCUT2D eigenvalue weighted by Gasteiger charge is 2.24. The number of aromatic nitrogens is 1. The van der Waals surface area contributed by atoms with Crippen LogP contribution in [0.25, 0.3) is 11.1 Å². The van der Waals surface area contributed by atoms with Crippen LogP contribution in [0.15, 0.2) is 22.6 Å². The Bertz CT molecular complexity index is 524. The predicted octanol–water partition coefficient (Wildman–Crippen LogP) is 3.12. The third-order valence-corrected chi connectivity index (χ3v) is 3.68. The second-order valence-corrected chi connectivity index (χ2v) is 5.13. The van der Waals surface area contributed by atoms with Crippen molar-refractivity contribution in [3.63, 3.8) is 0 Å². The SMILES string of the molecule is Cc1ccc2nc(C3CCC(N)CC3)oc2c1. The van der Waals surface area contributed by atoms with Crippen molar-refractivity contribution in [2.45, 2.75) is 44.6 Å². The first kappa shape index (κ1) is 10.8. The lowest BCUT2D eigenvalue weighted by Gasteiger charge is -2.23. The Balaban J connectivity index is 1.90. The van der Waals surface area contributed by atoms with Gasteiger partial charge in [-0.25, -0.2) is 4.98 Å². The first-order chi connectivity index (χ1) is 8.22. The molecule has 1 aromatic carbocycles. The monoisotopic (exact) mass is 230 g/mol. The summed E-state index contributed by atoms with van der Waals surface area (Å²) >= 11 is 0. The summed E-state index contributed by atoms with van der Waals surface area (Å²) in [6, 6.07) is 6.54. The molecule has 90 valence electrons. The Hall–Kier alpha value is -1.35. The van der Waals surface area contributed by atoms with Crippen LogP contribution in [0, 0.1) is 6.92 Å². The van der Waals surface area contributed by atoms with Crippen molar-refractivity contribution < 1.29 is 4.42 Å². The Morgan fingerprint density at radius 2 is 2.00 bits per heavy atom. The predicted molar refractivity (Wildman–Crippen MR) is 67.9 cm³/mol. The maximum atomic E-state index is 5.92. The van der Waals surface area contributed by atoms with Crippen LogP contribution in [0.2, 0.25) is 0 Å². The zero-order valence-corrected chi connectivity index (χ0v) is 10.1. The minimum atomic E-state index is 0.373. The molecule has 0 radical (unpaired) electrons. The van der Waals surface area contributed by atoms with Crippen molar-refractivity contribution in [1.29, 1.82) is 0 Å².